The van der Waals surface area contributed by atoms with Gasteiger partial charge in [0.05, 0.1) is 6.04 Å². The van der Waals surface area contributed by atoms with Crippen molar-refractivity contribution < 1.29 is 14.7 Å². The van der Waals surface area contributed by atoms with Crippen molar-refractivity contribution in [1.82, 2.24) is 5.32 Å². The third-order valence-electron chi connectivity index (χ3n) is 3.42. The van der Waals surface area contributed by atoms with Crippen LogP contribution >= 0.6 is 0 Å². The number of Topliss-reactive ketones (excluding diaryl/α,β-unsaturated/α-hetero) is 1. The monoisotopic (exact) mass is 241 g/mol. The first-order valence-corrected chi connectivity index (χ1v) is 6.36. The summed E-state index contributed by atoms with van der Waals surface area (Å²) in [5.74, 6) is 0.179. The summed E-state index contributed by atoms with van der Waals surface area (Å²) in [5.41, 5.74) is -0.495. The van der Waals surface area contributed by atoms with Crippen molar-refractivity contribution in [3.63, 3.8) is 0 Å². The predicted octanol–water partition coefficient (Wildman–Crippen LogP) is 2.82. The van der Waals surface area contributed by atoms with E-state index in [4.69, 9.17) is 5.11 Å². The van der Waals surface area contributed by atoms with Crippen molar-refractivity contribution in [2.75, 3.05) is 0 Å². The van der Waals surface area contributed by atoms with Gasteiger partial charge in [0.1, 0.15) is 0 Å². The Bertz CT molecular complexity index is 288. The first-order chi connectivity index (χ1) is 7.82. The van der Waals surface area contributed by atoms with Crippen molar-refractivity contribution in [2.24, 2.45) is 11.3 Å². The minimum atomic E-state index is -1.10. The van der Waals surface area contributed by atoms with Gasteiger partial charge in [0.2, 0.25) is 0 Å². The Balaban J connectivity index is 2.78. The van der Waals surface area contributed by atoms with Gasteiger partial charge in [-0.2, -0.15) is 0 Å². The SMILES string of the molecule is CC(C)(C)C(=O)[C@@H](NC(=O)O)C1CCCCC1. The number of nitrogens with one attached hydrogen (secondary N) is 1. The fourth-order valence-electron chi connectivity index (χ4n) is 2.46. The van der Waals surface area contributed by atoms with Crippen molar-refractivity contribution in [1.29, 1.82) is 0 Å². The zero-order valence-electron chi connectivity index (χ0n) is 11.0. The van der Waals surface area contributed by atoms with E-state index in [-0.39, 0.29) is 11.7 Å². The van der Waals surface area contributed by atoms with Crippen molar-refractivity contribution >= 4 is 11.9 Å². The number of hydrogen-bond donors (Lipinski definition) is 2. The average molecular weight is 241 g/mol. The Morgan fingerprint density at radius 3 is 2.12 bits per heavy atom. The van der Waals surface area contributed by atoms with Crippen LogP contribution in [0.2, 0.25) is 0 Å². The second-order valence-electron chi connectivity index (χ2n) is 5.94. The molecular weight excluding hydrogens is 218 g/mol. The van der Waals surface area contributed by atoms with Crippen molar-refractivity contribution in [2.45, 2.75) is 58.9 Å². The molecule has 0 aromatic carbocycles. The lowest BCUT2D eigenvalue weighted by molar-refractivity contribution is -0.130. The maximum absolute atomic E-state index is 12.3. The number of ketones is 1. The first-order valence-electron chi connectivity index (χ1n) is 6.36. The standard InChI is InChI=1S/C13H23NO3/c1-13(2,3)11(15)10(14-12(16)17)9-7-5-4-6-8-9/h9-10,14H,4-8H2,1-3H3,(H,16,17)/t10-/m0/s1. The molecule has 0 saturated heterocycles. The van der Waals surface area contributed by atoms with Gasteiger partial charge in [-0.05, 0) is 18.8 Å². The summed E-state index contributed by atoms with van der Waals surface area (Å²) in [6, 6.07) is -0.534. The summed E-state index contributed by atoms with van der Waals surface area (Å²) in [4.78, 5) is 23.1. The summed E-state index contributed by atoms with van der Waals surface area (Å²) in [5, 5.41) is 11.3. The molecule has 1 aliphatic carbocycles. The Kier molecular flexibility index (Phi) is 4.54. The number of rotatable bonds is 3. The molecule has 1 rings (SSSR count). The molecule has 0 heterocycles. The molecule has 0 unspecified atom stereocenters. The molecule has 0 aromatic heterocycles. The molecular formula is C13H23NO3. The number of amides is 1. The summed E-state index contributed by atoms with van der Waals surface area (Å²) in [6.07, 6.45) is 4.19. The minimum Gasteiger partial charge on any atom is -0.465 e. The van der Waals surface area contributed by atoms with Gasteiger partial charge >= 0.3 is 6.09 Å². The summed E-state index contributed by atoms with van der Waals surface area (Å²) >= 11 is 0. The van der Waals surface area contributed by atoms with Gasteiger partial charge in [-0.15, -0.1) is 0 Å². The van der Waals surface area contributed by atoms with E-state index in [1.165, 1.54) is 6.42 Å². The highest BCUT2D eigenvalue weighted by Gasteiger charge is 2.36. The van der Waals surface area contributed by atoms with E-state index >= 15 is 0 Å². The highest BCUT2D eigenvalue weighted by atomic mass is 16.4. The third kappa shape index (κ3) is 4.02. The van der Waals surface area contributed by atoms with E-state index in [2.05, 4.69) is 5.32 Å². The van der Waals surface area contributed by atoms with Gasteiger partial charge in [-0.25, -0.2) is 4.79 Å². The van der Waals surface area contributed by atoms with Gasteiger partial charge < -0.3 is 10.4 Å². The molecule has 0 radical (unpaired) electrons. The van der Waals surface area contributed by atoms with Gasteiger partial charge in [0.25, 0.3) is 0 Å². The molecule has 4 heteroatoms. The molecule has 17 heavy (non-hydrogen) atoms. The average Bonchev–Trinajstić information content (AvgIpc) is 2.24. The summed E-state index contributed by atoms with van der Waals surface area (Å²) in [6.45, 7) is 5.53. The molecule has 98 valence electrons. The highest BCUT2D eigenvalue weighted by molar-refractivity contribution is 5.91. The molecule has 0 bridgehead atoms. The molecule has 0 spiro atoms. The minimum absolute atomic E-state index is 0.00630. The quantitative estimate of drug-likeness (QED) is 0.798. The molecule has 1 atom stereocenters. The Labute approximate surface area is 103 Å². The normalized spacial score (nSPS) is 19.7. The van der Waals surface area contributed by atoms with Crippen LogP contribution in [0.25, 0.3) is 0 Å². The van der Waals surface area contributed by atoms with Crippen LogP contribution in [0.15, 0.2) is 0 Å². The molecule has 0 aromatic rings. The van der Waals surface area contributed by atoms with Crippen molar-refractivity contribution in [3.8, 4) is 0 Å². The number of carboxylic acid groups (broad SMARTS) is 1. The van der Waals surface area contributed by atoms with E-state index in [0.29, 0.717) is 0 Å². The molecule has 1 amide bonds. The second-order valence-corrected chi connectivity index (χ2v) is 5.94. The molecule has 2 N–H and O–H groups in total. The zero-order chi connectivity index (χ0) is 13.1. The maximum Gasteiger partial charge on any atom is 0.405 e. The second kappa shape index (κ2) is 5.52. The molecule has 1 saturated carbocycles. The smallest absolute Gasteiger partial charge is 0.405 e. The topological polar surface area (TPSA) is 66.4 Å². The lowest BCUT2D eigenvalue weighted by atomic mass is 9.76. The van der Waals surface area contributed by atoms with Crippen LogP contribution in [0, 0.1) is 11.3 Å². The Morgan fingerprint density at radius 2 is 1.71 bits per heavy atom. The number of hydrogen-bond acceptors (Lipinski definition) is 2. The van der Waals surface area contributed by atoms with Crippen LogP contribution in [0.4, 0.5) is 4.79 Å². The van der Waals surface area contributed by atoms with E-state index in [1.807, 2.05) is 20.8 Å². The fraction of sp³-hybridized carbons (Fsp3) is 0.846. The number of carbonyl (C=O) groups is 2. The molecule has 1 aliphatic rings. The van der Waals surface area contributed by atoms with Crippen LogP contribution in [0.3, 0.4) is 0 Å². The van der Waals surface area contributed by atoms with Gasteiger partial charge in [-0.1, -0.05) is 40.0 Å². The van der Waals surface area contributed by atoms with Gasteiger partial charge in [0, 0.05) is 5.41 Å². The van der Waals surface area contributed by atoms with Crippen LogP contribution in [-0.2, 0) is 4.79 Å². The van der Waals surface area contributed by atoms with Crippen LogP contribution in [0.1, 0.15) is 52.9 Å². The molecule has 4 nitrogen and oxygen atoms in total. The molecule has 0 aliphatic heterocycles. The van der Waals surface area contributed by atoms with E-state index in [0.717, 1.165) is 25.7 Å². The van der Waals surface area contributed by atoms with E-state index < -0.39 is 17.6 Å². The summed E-state index contributed by atoms with van der Waals surface area (Å²) in [7, 11) is 0. The fourth-order valence-corrected chi connectivity index (χ4v) is 2.46. The Hall–Kier alpha value is -1.06. The zero-order valence-corrected chi connectivity index (χ0v) is 11.0. The van der Waals surface area contributed by atoms with E-state index in [1.54, 1.807) is 0 Å². The van der Waals surface area contributed by atoms with Gasteiger partial charge in [-0.3, -0.25) is 4.79 Å². The Morgan fingerprint density at radius 1 is 1.18 bits per heavy atom. The highest BCUT2D eigenvalue weighted by Crippen LogP contribution is 2.30. The lowest BCUT2D eigenvalue weighted by Crippen LogP contribution is -2.50. The summed E-state index contributed by atoms with van der Waals surface area (Å²) < 4.78 is 0. The van der Waals surface area contributed by atoms with Crippen molar-refractivity contribution in [3.05, 3.63) is 0 Å². The van der Waals surface area contributed by atoms with Crippen LogP contribution < -0.4 is 5.32 Å². The first kappa shape index (κ1) is 14.0. The molecule has 1 fully saturated rings. The van der Waals surface area contributed by atoms with E-state index in [9.17, 15) is 9.59 Å². The third-order valence-corrected chi connectivity index (χ3v) is 3.42. The van der Waals surface area contributed by atoms with Crippen LogP contribution in [0.5, 0.6) is 0 Å². The lowest BCUT2D eigenvalue weighted by Gasteiger charge is -2.33. The van der Waals surface area contributed by atoms with Crippen LogP contribution in [-0.4, -0.2) is 23.0 Å². The number of carbonyl (C=O) groups excluding carboxylic acids is 1. The maximum atomic E-state index is 12.3. The largest absolute Gasteiger partial charge is 0.465 e. The van der Waals surface area contributed by atoms with Gasteiger partial charge in [0.15, 0.2) is 5.78 Å². The predicted molar refractivity (Wildman–Crippen MR) is 66.0 cm³/mol.